The average Bonchev–Trinajstić information content (AvgIpc) is 3.12. The molecule has 0 aliphatic carbocycles. The number of piperazine rings is 1. The second-order valence-corrected chi connectivity index (χ2v) is 7.56. The number of pyridine rings is 1. The summed E-state index contributed by atoms with van der Waals surface area (Å²) < 4.78 is 2.14. The van der Waals surface area contributed by atoms with E-state index in [1.807, 2.05) is 24.4 Å². The van der Waals surface area contributed by atoms with Gasteiger partial charge in [-0.25, -0.2) is 4.98 Å². The number of aliphatic hydroxyl groups is 1. The summed E-state index contributed by atoms with van der Waals surface area (Å²) >= 11 is 0. The summed E-state index contributed by atoms with van der Waals surface area (Å²) in [4.78, 5) is 11.7. The minimum atomic E-state index is -0.273. The van der Waals surface area contributed by atoms with Crippen LogP contribution in [0.3, 0.4) is 0 Å². The van der Waals surface area contributed by atoms with E-state index in [0.717, 1.165) is 58.1 Å². The van der Waals surface area contributed by atoms with Crippen molar-refractivity contribution in [1.82, 2.24) is 24.3 Å². The highest BCUT2D eigenvalue weighted by molar-refractivity contribution is 5.27. The Morgan fingerprint density at radius 1 is 1.08 bits per heavy atom. The van der Waals surface area contributed by atoms with E-state index in [1.54, 1.807) is 0 Å². The van der Waals surface area contributed by atoms with E-state index in [-0.39, 0.29) is 6.10 Å². The van der Waals surface area contributed by atoms with Crippen molar-refractivity contribution in [3.05, 3.63) is 48.4 Å². The highest BCUT2D eigenvalue weighted by Gasteiger charge is 2.33. The van der Waals surface area contributed by atoms with E-state index < -0.39 is 0 Å². The van der Waals surface area contributed by atoms with E-state index in [4.69, 9.17) is 0 Å². The van der Waals surface area contributed by atoms with Crippen molar-refractivity contribution < 1.29 is 5.11 Å². The number of hydrogen-bond donors (Lipinski definition) is 1. The number of hydrogen-bond acceptors (Lipinski definition) is 5. The smallest absolute Gasteiger partial charge is 0.136 e. The van der Waals surface area contributed by atoms with Crippen LogP contribution < -0.4 is 0 Å². The van der Waals surface area contributed by atoms with Crippen LogP contribution in [-0.2, 0) is 6.54 Å². The van der Waals surface area contributed by atoms with Crippen molar-refractivity contribution in [3.63, 3.8) is 0 Å². The Hall–Kier alpha value is -1.73. The van der Waals surface area contributed by atoms with Gasteiger partial charge < -0.3 is 14.6 Å². The molecule has 0 saturated carbocycles. The molecule has 1 N–H and O–H groups in total. The van der Waals surface area contributed by atoms with E-state index in [9.17, 15) is 5.11 Å². The van der Waals surface area contributed by atoms with Crippen LogP contribution in [0, 0.1) is 0 Å². The molecule has 0 spiro atoms. The van der Waals surface area contributed by atoms with Crippen molar-refractivity contribution in [2.24, 2.45) is 0 Å². The molecule has 4 rings (SSSR count). The number of β-amino-alcohol motifs (C(OH)–C–C–N with tert-alkyl or cyclic N) is 1. The third kappa shape index (κ3) is 3.83. The van der Waals surface area contributed by atoms with Crippen LogP contribution in [0.15, 0.2) is 42.7 Å². The standard InChI is InChI=1S/C20H29N5O/c1-22-11-13-24(14-12-22)18-7-10-23(16-19(18)26)15-17-5-4-9-25(17)20-6-2-3-8-21-20/h2-6,8-9,18-19,26H,7,10-16H2,1H3/t18-,19-/m1/s1. The first-order chi connectivity index (χ1) is 12.7. The monoisotopic (exact) mass is 355 g/mol. The molecule has 26 heavy (non-hydrogen) atoms. The van der Waals surface area contributed by atoms with Gasteiger partial charge in [0.05, 0.1) is 6.10 Å². The number of rotatable bonds is 4. The van der Waals surface area contributed by atoms with Gasteiger partial charge in [0, 0.05) is 69.9 Å². The molecule has 0 bridgehead atoms. The van der Waals surface area contributed by atoms with Crippen molar-refractivity contribution in [3.8, 4) is 5.82 Å². The molecule has 6 nitrogen and oxygen atoms in total. The van der Waals surface area contributed by atoms with E-state index in [2.05, 4.69) is 49.6 Å². The maximum atomic E-state index is 10.8. The molecule has 2 fully saturated rings. The van der Waals surface area contributed by atoms with Gasteiger partial charge in [-0.15, -0.1) is 0 Å². The van der Waals surface area contributed by atoms with Crippen LogP contribution in [0.1, 0.15) is 12.1 Å². The Bertz CT molecular complexity index is 695. The van der Waals surface area contributed by atoms with Crippen LogP contribution in [0.4, 0.5) is 0 Å². The molecule has 0 unspecified atom stereocenters. The zero-order valence-corrected chi connectivity index (χ0v) is 15.5. The van der Waals surface area contributed by atoms with Gasteiger partial charge in [-0.3, -0.25) is 9.80 Å². The average molecular weight is 355 g/mol. The molecule has 2 aliphatic rings. The number of likely N-dealkylation sites (tertiary alicyclic amines) is 1. The maximum Gasteiger partial charge on any atom is 0.136 e. The highest BCUT2D eigenvalue weighted by Crippen LogP contribution is 2.21. The summed E-state index contributed by atoms with van der Waals surface area (Å²) in [5.41, 5.74) is 1.22. The van der Waals surface area contributed by atoms with Crippen molar-refractivity contribution in [1.29, 1.82) is 0 Å². The van der Waals surface area contributed by atoms with Gasteiger partial charge in [-0.2, -0.15) is 0 Å². The van der Waals surface area contributed by atoms with Gasteiger partial charge in [-0.05, 0) is 37.7 Å². The second-order valence-electron chi connectivity index (χ2n) is 7.56. The molecule has 4 heterocycles. The van der Waals surface area contributed by atoms with E-state index in [0.29, 0.717) is 6.04 Å². The quantitative estimate of drug-likeness (QED) is 0.889. The topological polar surface area (TPSA) is 47.8 Å². The molecule has 0 aromatic carbocycles. The molecule has 2 aromatic rings. The molecule has 6 heteroatoms. The summed E-state index contributed by atoms with van der Waals surface area (Å²) in [5.74, 6) is 0.945. The first-order valence-electron chi connectivity index (χ1n) is 9.61. The minimum Gasteiger partial charge on any atom is -0.390 e. The Kier molecular flexibility index (Phi) is 5.36. The van der Waals surface area contributed by atoms with Crippen LogP contribution in [0.25, 0.3) is 5.82 Å². The minimum absolute atomic E-state index is 0.273. The lowest BCUT2D eigenvalue weighted by molar-refractivity contribution is -0.0289. The molecule has 2 saturated heterocycles. The zero-order chi connectivity index (χ0) is 17.9. The second kappa shape index (κ2) is 7.88. The summed E-state index contributed by atoms with van der Waals surface area (Å²) in [7, 11) is 2.17. The maximum absolute atomic E-state index is 10.8. The molecule has 2 atom stereocenters. The van der Waals surface area contributed by atoms with Gasteiger partial charge in [0.2, 0.25) is 0 Å². The van der Waals surface area contributed by atoms with Crippen LogP contribution in [0.2, 0.25) is 0 Å². The normalized spacial score (nSPS) is 26.2. The lowest BCUT2D eigenvalue weighted by Crippen LogP contribution is -2.58. The predicted octanol–water partition coefficient (Wildman–Crippen LogP) is 1.05. The largest absolute Gasteiger partial charge is 0.390 e. The summed E-state index contributed by atoms with van der Waals surface area (Å²) in [5, 5.41) is 10.8. The van der Waals surface area contributed by atoms with Crippen LogP contribution in [0.5, 0.6) is 0 Å². The van der Waals surface area contributed by atoms with Crippen molar-refractivity contribution >= 4 is 0 Å². The molecule has 0 radical (unpaired) electrons. The lowest BCUT2D eigenvalue weighted by Gasteiger charge is -2.44. The molecule has 0 amide bonds. The van der Waals surface area contributed by atoms with Crippen molar-refractivity contribution in [2.45, 2.75) is 25.1 Å². The third-order valence-electron chi connectivity index (χ3n) is 5.75. The molecule has 2 aliphatic heterocycles. The Morgan fingerprint density at radius 2 is 1.92 bits per heavy atom. The van der Waals surface area contributed by atoms with Gasteiger partial charge in [-0.1, -0.05) is 6.07 Å². The Balaban J connectivity index is 1.37. The van der Waals surface area contributed by atoms with Crippen LogP contribution >= 0.6 is 0 Å². The summed E-state index contributed by atoms with van der Waals surface area (Å²) in [6.07, 6.45) is 4.65. The van der Waals surface area contributed by atoms with Gasteiger partial charge >= 0.3 is 0 Å². The van der Waals surface area contributed by atoms with Crippen LogP contribution in [-0.4, -0.2) is 87.8 Å². The summed E-state index contributed by atoms with van der Waals surface area (Å²) in [6.45, 7) is 6.96. The number of nitrogens with zero attached hydrogens (tertiary/aromatic N) is 5. The lowest BCUT2D eigenvalue weighted by atomic mass is 9.99. The van der Waals surface area contributed by atoms with Gasteiger partial charge in [0.15, 0.2) is 0 Å². The fourth-order valence-electron chi connectivity index (χ4n) is 4.20. The van der Waals surface area contributed by atoms with Crippen molar-refractivity contribution in [2.75, 3.05) is 46.3 Å². The molecular weight excluding hydrogens is 326 g/mol. The molecular formula is C20H29N5O. The zero-order valence-electron chi connectivity index (χ0n) is 15.5. The van der Waals surface area contributed by atoms with Gasteiger partial charge in [0.1, 0.15) is 5.82 Å². The van der Waals surface area contributed by atoms with Gasteiger partial charge in [0.25, 0.3) is 0 Å². The number of aliphatic hydroxyl groups excluding tert-OH is 1. The molecule has 140 valence electrons. The Morgan fingerprint density at radius 3 is 2.65 bits per heavy atom. The first-order valence-corrected chi connectivity index (χ1v) is 9.61. The fraction of sp³-hybridized carbons (Fsp3) is 0.550. The number of piperidine rings is 1. The summed E-state index contributed by atoms with van der Waals surface area (Å²) in [6, 6.07) is 10.5. The predicted molar refractivity (Wildman–Crippen MR) is 102 cm³/mol. The Labute approximate surface area is 155 Å². The number of likely N-dealkylation sites (N-methyl/N-ethyl adjacent to an activating group) is 1. The SMILES string of the molecule is CN1CCN([C@@H]2CCN(Cc3cccn3-c3ccccn3)C[C@H]2O)CC1. The number of aromatic nitrogens is 2. The van der Waals surface area contributed by atoms with E-state index in [1.165, 1.54) is 5.69 Å². The van der Waals surface area contributed by atoms with E-state index >= 15 is 0 Å². The first kappa shape index (κ1) is 17.7. The fourth-order valence-corrected chi connectivity index (χ4v) is 4.20. The molecule has 2 aromatic heterocycles. The third-order valence-corrected chi connectivity index (χ3v) is 5.75. The highest BCUT2D eigenvalue weighted by atomic mass is 16.3.